The van der Waals surface area contributed by atoms with Crippen molar-refractivity contribution >= 4 is 48.2 Å². The van der Waals surface area contributed by atoms with E-state index in [-0.39, 0.29) is 5.78 Å². The third-order valence-corrected chi connectivity index (χ3v) is 7.58. The molecule has 0 heterocycles. The molecule has 0 aliphatic carbocycles. The second-order valence-electron chi connectivity index (χ2n) is 8.97. The van der Waals surface area contributed by atoms with E-state index < -0.39 is 0 Å². The van der Waals surface area contributed by atoms with E-state index in [2.05, 4.69) is 95.8 Å². The molecule has 2 atom stereocenters. The zero-order valence-electron chi connectivity index (χ0n) is 22.8. The van der Waals surface area contributed by atoms with Gasteiger partial charge in [0.2, 0.25) is 0 Å². The van der Waals surface area contributed by atoms with Crippen LogP contribution in [0.5, 0.6) is 0 Å². The highest BCUT2D eigenvalue weighted by Crippen LogP contribution is 2.26. The molecule has 0 aliphatic rings. The van der Waals surface area contributed by atoms with Crippen molar-refractivity contribution in [3.05, 3.63) is 102 Å². The van der Waals surface area contributed by atoms with Crippen LogP contribution in [-0.4, -0.2) is 22.6 Å². The predicted octanol–water partition coefficient (Wildman–Crippen LogP) is 9.36. The van der Waals surface area contributed by atoms with E-state index in [1.54, 1.807) is 24.8 Å². The molecule has 0 N–H and O–H groups in total. The van der Waals surface area contributed by atoms with E-state index in [9.17, 15) is 9.59 Å². The van der Waals surface area contributed by atoms with E-state index >= 15 is 0 Å². The Kier molecular flexibility index (Phi) is 16.8. The van der Waals surface area contributed by atoms with E-state index in [1.807, 2.05) is 42.1 Å². The van der Waals surface area contributed by atoms with Crippen LogP contribution in [-0.2, 0) is 9.59 Å². The third-order valence-electron chi connectivity index (χ3n) is 5.00. The topological polar surface area (TPSA) is 34.1 Å². The molecule has 0 radical (unpaired) electrons. The fourth-order valence-corrected chi connectivity index (χ4v) is 4.95. The normalized spacial score (nSPS) is 12.0. The van der Waals surface area contributed by atoms with Crippen molar-refractivity contribution in [2.24, 2.45) is 0 Å². The number of thiol groups is 1. The average molecular weight is 553 g/mol. The van der Waals surface area contributed by atoms with Crippen molar-refractivity contribution in [3.8, 4) is 0 Å². The summed E-state index contributed by atoms with van der Waals surface area (Å²) < 4.78 is 0. The van der Waals surface area contributed by atoms with Crippen LogP contribution in [0, 0.1) is 20.8 Å². The Morgan fingerprint density at radius 2 is 1.11 bits per heavy atom. The van der Waals surface area contributed by atoms with Gasteiger partial charge in [-0.3, -0.25) is 4.79 Å². The third kappa shape index (κ3) is 17.0. The summed E-state index contributed by atoms with van der Waals surface area (Å²) in [4.78, 5) is 24.5. The van der Waals surface area contributed by atoms with E-state index in [4.69, 9.17) is 0 Å². The fourth-order valence-electron chi connectivity index (χ4n) is 2.90. The van der Waals surface area contributed by atoms with Crippen molar-refractivity contribution in [2.45, 2.75) is 79.6 Å². The Morgan fingerprint density at radius 3 is 1.46 bits per heavy atom. The molecule has 0 saturated heterocycles. The number of ketones is 1. The molecular formula is C32H40O2S3. The first kappa shape index (κ1) is 32.8. The maximum atomic E-state index is 10.7. The van der Waals surface area contributed by atoms with Gasteiger partial charge < -0.3 is 4.79 Å². The van der Waals surface area contributed by atoms with Gasteiger partial charge in [0.15, 0.2) is 5.78 Å². The first-order valence-electron chi connectivity index (χ1n) is 12.4. The summed E-state index contributed by atoms with van der Waals surface area (Å²) in [6.07, 6.45) is 6.13. The van der Waals surface area contributed by atoms with E-state index in [0.29, 0.717) is 16.9 Å². The molecule has 3 rings (SSSR count). The van der Waals surface area contributed by atoms with Crippen molar-refractivity contribution < 1.29 is 9.59 Å². The summed E-state index contributed by atoms with van der Waals surface area (Å²) in [6.45, 7) is 12.0. The summed E-state index contributed by atoms with van der Waals surface area (Å²) >= 11 is 7.72. The highest BCUT2D eigenvalue weighted by Gasteiger charge is 2.03. The monoisotopic (exact) mass is 552 g/mol. The Labute approximate surface area is 238 Å². The standard InChI is InChI=1S/C14H18OS.C11H14OS.C7H8S/c1-11-7-9-14(10-8-11)16-13(3)6-4-5-12(2)15;1-9-3-5-11(6-4-9)13-10(2)7-8-12;1-6-2-4-7(8)5-3-6/h4-5,7-10,13H,6H2,1-3H3;3-6,8,10H,7H2,1-2H3;2-5,8H,1H3/b5-4+;;. The Bertz CT molecular complexity index is 1050. The number of benzene rings is 3. The molecule has 2 unspecified atom stereocenters. The molecular weight excluding hydrogens is 513 g/mol. The zero-order chi connectivity index (χ0) is 27.6. The maximum absolute atomic E-state index is 10.7. The minimum Gasteiger partial charge on any atom is -0.303 e. The lowest BCUT2D eigenvalue weighted by Gasteiger charge is -2.08. The molecule has 3 aromatic rings. The number of carbonyl (C=O) groups excluding carboxylic acids is 2. The van der Waals surface area contributed by atoms with E-state index in [0.717, 1.165) is 17.6 Å². The second kappa shape index (κ2) is 18.9. The van der Waals surface area contributed by atoms with Crippen molar-refractivity contribution in [1.29, 1.82) is 0 Å². The van der Waals surface area contributed by atoms with Gasteiger partial charge in [-0.25, -0.2) is 0 Å². The molecule has 0 spiro atoms. The van der Waals surface area contributed by atoms with Gasteiger partial charge in [-0.15, -0.1) is 36.2 Å². The first-order chi connectivity index (χ1) is 17.6. The fraction of sp³-hybridized carbons (Fsp3) is 0.312. The van der Waals surface area contributed by atoms with Gasteiger partial charge in [-0.05, 0) is 76.6 Å². The number of aryl methyl sites for hydroxylation is 3. The molecule has 0 fully saturated rings. The van der Waals surface area contributed by atoms with Crippen LogP contribution < -0.4 is 0 Å². The first-order valence-corrected chi connectivity index (χ1v) is 14.6. The molecule has 0 aliphatic heterocycles. The number of hydrogen-bond acceptors (Lipinski definition) is 5. The van der Waals surface area contributed by atoms with Crippen molar-refractivity contribution in [3.63, 3.8) is 0 Å². The van der Waals surface area contributed by atoms with Crippen LogP contribution in [0.25, 0.3) is 0 Å². The molecule has 0 aromatic heterocycles. The Morgan fingerprint density at radius 1 is 0.730 bits per heavy atom. The average Bonchev–Trinajstić information content (AvgIpc) is 2.85. The van der Waals surface area contributed by atoms with E-state index in [1.165, 1.54) is 26.5 Å². The number of carbonyl (C=O) groups is 2. The molecule has 3 aromatic carbocycles. The zero-order valence-corrected chi connectivity index (χ0v) is 25.3. The minimum atomic E-state index is 0.118. The SMILES string of the molecule is CC(=O)/C=C/CC(C)Sc1ccc(C)cc1.Cc1ccc(S)cc1.Cc1ccc(SC(C)CC=O)cc1. The van der Waals surface area contributed by atoms with Crippen LogP contribution in [0.1, 0.15) is 50.3 Å². The molecule has 0 amide bonds. The second-order valence-corrected chi connectivity index (χ2v) is 12.5. The summed E-state index contributed by atoms with van der Waals surface area (Å²) in [6, 6.07) is 25.0. The lowest BCUT2D eigenvalue weighted by atomic mass is 10.2. The highest BCUT2D eigenvalue weighted by molar-refractivity contribution is 8.00. The summed E-state index contributed by atoms with van der Waals surface area (Å²) in [5, 5.41) is 0.874. The maximum Gasteiger partial charge on any atom is 0.152 e. The van der Waals surface area contributed by atoms with Crippen LogP contribution in [0.2, 0.25) is 0 Å². The summed E-state index contributed by atoms with van der Waals surface area (Å²) in [5.74, 6) is 0.118. The van der Waals surface area contributed by atoms with Gasteiger partial charge in [-0.2, -0.15) is 0 Å². The molecule has 5 heteroatoms. The lowest BCUT2D eigenvalue weighted by Crippen LogP contribution is -1.95. The van der Waals surface area contributed by atoms with Crippen molar-refractivity contribution in [2.75, 3.05) is 0 Å². The largest absolute Gasteiger partial charge is 0.303 e. The predicted molar refractivity (Wildman–Crippen MR) is 167 cm³/mol. The molecule has 0 saturated carbocycles. The molecule has 37 heavy (non-hydrogen) atoms. The number of rotatable bonds is 9. The van der Waals surface area contributed by atoms with Crippen LogP contribution in [0.3, 0.4) is 0 Å². The molecule has 2 nitrogen and oxygen atoms in total. The Balaban J connectivity index is 0.000000292. The molecule has 198 valence electrons. The Hall–Kier alpha value is -2.21. The van der Waals surface area contributed by atoms with Gasteiger partial charge >= 0.3 is 0 Å². The van der Waals surface area contributed by atoms with Crippen LogP contribution in [0.4, 0.5) is 0 Å². The number of hydrogen-bond donors (Lipinski definition) is 1. The number of thioether (sulfide) groups is 2. The minimum absolute atomic E-state index is 0.118. The molecule has 0 bridgehead atoms. The van der Waals surface area contributed by atoms with Crippen molar-refractivity contribution in [1.82, 2.24) is 0 Å². The quantitative estimate of drug-likeness (QED) is 0.124. The van der Waals surface area contributed by atoms with Gasteiger partial charge in [-0.1, -0.05) is 73.0 Å². The number of allylic oxidation sites excluding steroid dienone is 2. The highest BCUT2D eigenvalue weighted by atomic mass is 32.2. The van der Waals surface area contributed by atoms with Gasteiger partial charge in [0.1, 0.15) is 6.29 Å². The smallest absolute Gasteiger partial charge is 0.152 e. The van der Waals surface area contributed by atoms with Gasteiger partial charge in [0, 0.05) is 31.6 Å². The van der Waals surface area contributed by atoms with Crippen LogP contribution >= 0.6 is 36.2 Å². The van der Waals surface area contributed by atoms with Gasteiger partial charge in [0.05, 0.1) is 0 Å². The summed E-state index contributed by atoms with van der Waals surface area (Å²) in [7, 11) is 0. The van der Waals surface area contributed by atoms with Gasteiger partial charge in [0.25, 0.3) is 0 Å². The summed E-state index contributed by atoms with van der Waals surface area (Å²) in [5.41, 5.74) is 3.84. The van der Waals surface area contributed by atoms with Crippen LogP contribution in [0.15, 0.2) is 99.6 Å². The number of aldehydes is 1. The lowest BCUT2D eigenvalue weighted by molar-refractivity contribution is -0.112.